The van der Waals surface area contributed by atoms with Gasteiger partial charge in [0.15, 0.2) is 5.11 Å². The summed E-state index contributed by atoms with van der Waals surface area (Å²) in [7, 11) is 1.72. The lowest BCUT2D eigenvalue weighted by Crippen LogP contribution is -2.31. The van der Waals surface area contributed by atoms with E-state index in [1.54, 1.807) is 7.11 Å². The van der Waals surface area contributed by atoms with Crippen LogP contribution in [0.25, 0.3) is 0 Å². The minimum Gasteiger partial charge on any atom is -0.385 e. The summed E-state index contributed by atoms with van der Waals surface area (Å²) >= 11 is 5.55. The van der Waals surface area contributed by atoms with Gasteiger partial charge in [0.05, 0.1) is 17.8 Å². The van der Waals surface area contributed by atoms with Gasteiger partial charge in [0, 0.05) is 38.3 Å². The van der Waals surface area contributed by atoms with Crippen molar-refractivity contribution in [1.29, 1.82) is 0 Å². The van der Waals surface area contributed by atoms with Crippen molar-refractivity contribution >= 4 is 17.3 Å². The van der Waals surface area contributed by atoms with Crippen molar-refractivity contribution in [1.82, 2.24) is 20.2 Å². The lowest BCUT2D eigenvalue weighted by Gasteiger charge is -2.26. The van der Waals surface area contributed by atoms with E-state index >= 15 is 0 Å². The molecule has 3 rings (SSSR count). The van der Waals surface area contributed by atoms with Crippen molar-refractivity contribution in [3.8, 4) is 0 Å². The minimum absolute atomic E-state index is 0.0508. The quantitative estimate of drug-likeness (QED) is 0.633. The molecule has 0 radical (unpaired) electrons. The molecule has 5 nitrogen and oxygen atoms in total. The summed E-state index contributed by atoms with van der Waals surface area (Å²) in [6.45, 7) is 1.58. The van der Waals surface area contributed by atoms with Crippen LogP contribution in [0.3, 0.4) is 0 Å². The molecule has 0 amide bonds. The number of hydrogen-bond donors (Lipinski definition) is 2. The van der Waals surface area contributed by atoms with Gasteiger partial charge in [-0.05, 0) is 42.9 Å². The first-order valence-corrected chi connectivity index (χ1v) is 7.82. The van der Waals surface area contributed by atoms with Crippen LogP contribution < -0.4 is 5.32 Å². The summed E-state index contributed by atoms with van der Waals surface area (Å²) < 4.78 is 5.16. The van der Waals surface area contributed by atoms with E-state index < -0.39 is 0 Å². The summed E-state index contributed by atoms with van der Waals surface area (Å²) in [5.41, 5.74) is 2.14. The van der Waals surface area contributed by atoms with Gasteiger partial charge in [-0.1, -0.05) is 6.07 Å². The van der Waals surface area contributed by atoms with Crippen LogP contribution in [0.2, 0.25) is 0 Å². The summed E-state index contributed by atoms with van der Waals surface area (Å²) in [5, 5.41) is 4.19. The maximum atomic E-state index is 5.55. The van der Waals surface area contributed by atoms with Crippen molar-refractivity contribution < 1.29 is 4.74 Å². The molecule has 22 heavy (non-hydrogen) atoms. The topological polar surface area (TPSA) is 53.2 Å². The van der Waals surface area contributed by atoms with Crippen LogP contribution in [0.4, 0.5) is 0 Å². The van der Waals surface area contributed by atoms with Crippen LogP contribution in [0.15, 0.2) is 42.7 Å². The zero-order valence-corrected chi connectivity index (χ0v) is 13.3. The second-order valence-electron chi connectivity index (χ2n) is 5.29. The molecule has 2 atom stereocenters. The third-order valence-electron chi connectivity index (χ3n) is 3.89. The molecule has 0 spiro atoms. The third kappa shape index (κ3) is 2.98. The maximum Gasteiger partial charge on any atom is 0.170 e. The zero-order chi connectivity index (χ0) is 15.4. The van der Waals surface area contributed by atoms with E-state index in [2.05, 4.69) is 26.3 Å². The molecule has 0 unspecified atom stereocenters. The number of H-pyrrole nitrogens is 1. The number of hydrogen-bond acceptors (Lipinski definition) is 3. The molecule has 0 aliphatic carbocycles. The molecule has 3 heterocycles. The highest BCUT2D eigenvalue weighted by atomic mass is 32.1. The number of pyridine rings is 1. The van der Waals surface area contributed by atoms with E-state index in [1.165, 1.54) is 0 Å². The molecule has 1 aliphatic rings. The van der Waals surface area contributed by atoms with Gasteiger partial charge in [-0.15, -0.1) is 0 Å². The number of aromatic nitrogens is 2. The average molecular weight is 316 g/mol. The Kier molecular flexibility index (Phi) is 4.70. The predicted octanol–water partition coefficient (Wildman–Crippen LogP) is 2.42. The number of rotatable bonds is 6. The Balaban J connectivity index is 1.88. The van der Waals surface area contributed by atoms with E-state index in [1.807, 2.05) is 36.7 Å². The smallest absolute Gasteiger partial charge is 0.170 e. The third-order valence-corrected chi connectivity index (χ3v) is 4.24. The zero-order valence-electron chi connectivity index (χ0n) is 12.5. The van der Waals surface area contributed by atoms with Gasteiger partial charge >= 0.3 is 0 Å². The molecule has 2 N–H and O–H groups in total. The van der Waals surface area contributed by atoms with Crippen LogP contribution in [-0.4, -0.2) is 40.2 Å². The van der Waals surface area contributed by atoms with Crippen LogP contribution in [0.1, 0.15) is 29.9 Å². The Bertz CT molecular complexity index is 602. The predicted molar refractivity (Wildman–Crippen MR) is 89.4 cm³/mol. The Morgan fingerprint density at radius 1 is 1.32 bits per heavy atom. The first-order valence-electron chi connectivity index (χ1n) is 7.41. The summed E-state index contributed by atoms with van der Waals surface area (Å²) in [6.07, 6.45) is 4.70. The molecule has 1 aliphatic heterocycles. The SMILES string of the molecule is COCCCN1C(=S)N[C@H](c2ccccn2)[C@H]1c1ccc[nH]1. The van der Waals surface area contributed by atoms with Gasteiger partial charge < -0.3 is 19.9 Å². The van der Waals surface area contributed by atoms with Crippen LogP contribution in [0, 0.1) is 0 Å². The fourth-order valence-corrected chi connectivity index (χ4v) is 3.22. The van der Waals surface area contributed by atoms with Crippen molar-refractivity contribution in [3.63, 3.8) is 0 Å². The molecule has 2 aromatic rings. The Labute approximate surface area is 135 Å². The van der Waals surface area contributed by atoms with Crippen molar-refractivity contribution in [3.05, 3.63) is 54.1 Å². The van der Waals surface area contributed by atoms with Gasteiger partial charge in [-0.2, -0.15) is 0 Å². The van der Waals surface area contributed by atoms with Gasteiger partial charge in [-0.25, -0.2) is 0 Å². The standard InChI is InChI=1S/C16H20N4OS/c1-21-11-5-10-20-15(13-7-4-9-18-13)14(19-16(20)22)12-6-2-3-8-17-12/h2-4,6-9,14-15,18H,5,10-11H2,1H3,(H,19,22)/t14-,15-/m1/s1. The first-order chi connectivity index (χ1) is 10.8. The minimum atomic E-state index is 0.0508. The fraction of sp³-hybridized carbons (Fsp3) is 0.375. The lowest BCUT2D eigenvalue weighted by molar-refractivity contribution is 0.180. The fourth-order valence-electron chi connectivity index (χ4n) is 2.89. The Hall–Kier alpha value is -1.92. The number of aromatic amines is 1. The van der Waals surface area contributed by atoms with Gasteiger partial charge in [0.2, 0.25) is 0 Å². The molecule has 1 fully saturated rings. The molecule has 0 saturated carbocycles. The number of ether oxygens (including phenoxy) is 1. The number of methoxy groups -OCH3 is 1. The van der Waals surface area contributed by atoms with Crippen LogP contribution in [-0.2, 0) is 4.74 Å². The number of nitrogens with one attached hydrogen (secondary N) is 2. The summed E-state index contributed by atoms with van der Waals surface area (Å²) in [5.74, 6) is 0. The van der Waals surface area contributed by atoms with Gasteiger partial charge in [0.25, 0.3) is 0 Å². The molecule has 1 saturated heterocycles. The van der Waals surface area contributed by atoms with Gasteiger partial charge in [0.1, 0.15) is 0 Å². The summed E-state index contributed by atoms with van der Waals surface area (Å²) in [4.78, 5) is 10.0. The molecule has 0 aromatic carbocycles. The molecule has 116 valence electrons. The van der Waals surface area contributed by atoms with E-state index in [0.717, 1.165) is 36.1 Å². The largest absolute Gasteiger partial charge is 0.385 e. The highest BCUT2D eigenvalue weighted by Gasteiger charge is 2.39. The number of nitrogens with zero attached hydrogens (tertiary/aromatic N) is 2. The molecule has 0 bridgehead atoms. The highest BCUT2D eigenvalue weighted by molar-refractivity contribution is 7.80. The number of thiocarbonyl (C=S) groups is 1. The maximum absolute atomic E-state index is 5.55. The first kappa shape index (κ1) is 15.0. The van der Waals surface area contributed by atoms with E-state index in [4.69, 9.17) is 17.0 Å². The van der Waals surface area contributed by atoms with E-state index in [0.29, 0.717) is 0 Å². The average Bonchev–Trinajstić information content (AvgIpc) is 3.17. The van der Waals surface area contributed by atoms with Crippen molar-refractivity contribution in [2.75, 3.05) is 20.3 Å². The lowest BCUT2D eigenvalue weighted by atomic mass is 10.0. The van der Waals surface area contributed by atoms with E-state index in [9.17, 15) is 0 Å². The van der Waals surface area contributed by atoms with Crippen LogP contribution in [0.5, 0.6) is 0 Å². The monoisotopic (exact) mass is 316 g/mol. The molecular formula is C16H20N4OS. The summed E-state index contributed by atoms with van der Waals surface area (Å²) in [6, 6.07) is 10.3. The second kappa shape index (κ2) is 6.89. The Morgan fingerprint density at radius 2 is 2.23 bits per heavy atom. The van der Waals surface area contributed by atoms with E-state index in [-0.39, 0.29) is 12.1 Å². The second-order valence-corrected chi connectivity index (χ2v) is 5.68. The highest BCUT2D eigenvalue weighted by Crippen LogP contribution is 2.37. The molecular weight excluding hydrogens is 296 g/mol. The molecule has 2 aromatic heterocycles. The van der Waals surface area contributed by atoms with Crippen molar-refractivity contribution in [2.45, 2.75) is 18.5 Å². The van der Waals surface area contributed by atoms with Crippen LogP contribution >= 0.6 is 12.2 Å². The Morgan fingerprint density at radius 3 is 2.91 bits per heavy atom. The molecule has 6 heteroatoms. The van der Waals surface area contributed by atoms with Crippen molar-refractivity contribution in [2.24, 2.45) is 0 Å². The normalized spacial score (nSPS) is 21.1. The van der Waals surface area contributed by atoms with Gasteiger partial charge in [-0.3, -0.25) is 4.98 Å².